The summed E-state index contributed by atoms with van der Waals surface area (Å²) in [6.45, 7) is 16.4. The molecule has 0 saturated carbocycles. The molecule has 0 amide bonds. The van der Waals surface area contributed by atoms with Gasteiger partial charge in [-0.25, -0.2) is 4.98 Å². The van der Waals surface area contributed by atoms with E-state index in [0.717, 1.165) is 43.7 Å². The number of aryl methyl sites for hydroxylation is 2. The Morgan fingerprint density at radius 2 is 1.02 bits per heavy atom. The lowest BCUT2D eigenvalue weighted by Gasteiger charge is -2.45. The topological polar surface area (TPSA) is 43.4 Å². The second-order valence-electron chi connectivity index (χ2n) is 16.5. The van der Waals surface area contributed by atoms with Gasteiger partial charge in [0.2, 0.25) is 0 Å². The highest BCUT2D eigenvalue weighted by atomic mass is 28.4. The normalized spacial score (nSPS) is 13.8. The summed E-state index contributed by atoms with van der Waals surface area (Å²) >= 11 is 0. The van der Waals surface area contributed by atoms with Crippen LogP contribution in [0.3, 0.4) is 0 Å². The van der Waals surface area contributed by atoms with E-state index in [1.165, 1.54) is 32.7 Å². The maximum Gasteiger partial charge on any atom is 0.261 e. The van der Waals surface area contributed by atoms with E-state index in [9.17, 15) is 0 Å². The Morgan fingerprint density at radius 3 is 1.42 bits per heavy atom. The van der Waals surface area contributed by atoms with Crippen LogP contribution in [0.25, 0.3) is 0 Å². The van der Waals surface area contributed by atoms with Crippen molar-refractivity contribution < 1.29 is 8.85 Å². The Labute approximate surface area is 315 Å². The molecule has 0 radical (unpaired) electrons. The SMILES string of the molecule is CC(C)(C)[Si](OCC(CCCc1ccc2c(n1)NCCC2)CO[Si](c1ccccc1)(c1ccccc1)C(C)(C)C)(c1ccccc1)c1ccccc1. The van der Waals surface area contributed by atoms with Crippen LogP contribution in [0.5, 0.6) is 0 Å². The zero-order valence-electron chi connectivity index (χ0n) is 32.2. The molecule has 272 valence electrons. The number of benzene rings is 4. The molecule has 0 bridgehead atoms. The fraction of sp³-hybridized carbons (Fsp3) is 0.370. The van der Waals surface area contributed by atoms with Gasteiger partial charge in [-0.05, 0) is 74.6 Å². The van der Waals surface area contributed by atoms with E-state index in [1.807, 2.05) is 0 Å². The molecule has 52 heavy (non-hydrogen) atoms. The molecule has 1 aromatic heterocycles. The zero-order valence-corrected chi connectivity index (χ0v) is 34.2. The summed E-state index contributed by atoms with van der Waals surface area (Å²) in [6, 6.07) is 48.6. The van der Waals surface area contributed by atoms with Crippen molar-refractivity contribution in [1.82, 2.24) is 4.98 Å². The lowest BCUT2D eigenvalue weighted by Crippen LogP contribution is -2.67. The molecule has 0 fully saturated rings. The summed E-state index contributed by atoms with van der Waals surface area (Å²) in [6.07, 6.45) is 5.22. The van der Waals surface area contributed by atoms with Gasteiger partial charge in [0.1, 0.15) is 5.82 Å². The number of hydrogen-bond donors (Lipinski definition) is 1. The van der Waals surface area contributed by atoms with E-state index >= 15 is 0 Å². The third-order valence-electron chi connectivity index (χ3n) is 10.9. The van der Waals surface area contributed by atoms with Crippen molar-refractivity contribution in [3.63, 3.8) is 0 Å². The number of pyridine rings is 1. The zero-order chi connectivity index (χ0) is 36.7. The molecule has 4 aromatic carbocycles. The van der Waals surface area contributed by atoms with Crippen LogP contribution in [0.4, 0.5) is 5.82 Å². The molecule has 0 aliphatic carbocycles. The molecule has 4 nitrogen and oxygen atoms in total. The summed E-state index contributed by atoms with van der Waals surface area (Å²) in [5.41, 5.74) is 2.50. The van der Waals surface area contributed by atoms with Crippen molar-refractivity contribution in [2.75, 3.05) is 25.1 Å². The second-order valence-corrected chi connectivity index (χ2v) is 25.2. The van der Waals surface area contributed by atoms with Crippen molar-refractivity contribution in [3.05, 3.63) is 145 Å². The van der Waals surface area contributed by atoms with Crippen LogP contribution in [0.15, 0.2) is 133 Å². The molecule has 1 aliphatic heterocycles. The number of rotatable bonds is 14. The van der Waals surface area contributed by atoms with Crippen LogP contribution in [0.1, 0.15) is 72.1 Å². The Hall–Kier alpha value is -3.82. The summed E-state index contributed by atoms with van der Waals surface area (Å²) in [5.74, 6) is 1.27. The van der Waals surface area contributed by atoms with Gasteiger partial charge in [0.25, 0.3) is 16.6 Å². The highest BCUT2D eigenvalue weighted by molar-refractivity contribution is 7.00. The number of fused-ring (bicyclic) bond motifs is 1. The lowest BCUT2D eigenvalue weighted by atomic mass is 10.0. The van der Waals surface area contributed by atoms with Crippen LogP contribution in [0.2, 0.25) is 10.1 Å². The predicted molar refractivity (Wildman–Crippen MR) is 225 cm³/mol. The minimum Gasteiger partial charge on any atom is -0.407 e. The van der Waals surface area contributed by atoms with Gasteiger partial charge < -0.3 is 14.2 Å². The van der Waals surface area contributed by atoms with Crippen molar-refractivity contribution in [1.29, 1.82) is 0 Å². The van der Waals surface area contributed by atoms with Crippen LogP contribution in [-0.4, -0.2) is 41.4 Å². The summed E-state index contributed by atoms with van der Waals surface area (Å²) in [7, 11) is -5.47. The maximum atomic E-state index is 7.62. The van der Waals surface area contributed by atoms with E-state index < -0.39 is 16.6 Å². The van der Waals surface area contributed by atoms with Gasteiger partial charge in [0.05, 0.1) is 0 Å². The molecule has 6 rings (SSSR count). The molecule has 1 aliphatic rings. The van der Waals surface area contributed by atoms with Gasteiger partial charge in [-0.3, -0.25) is 0 Å². The molecule has 5 aromatic rings. The smallest absolute Gasteiger partial charge is 0.261 e. The Bertz CT molecular complexity index is 1650. The molecule has 0 atom stereocenters. The average Bonchev–Trinajstić information content (AvgIpc) is 3.15. The maximum absolute atomic E-state index is 7.62. The molecule has 0 spiro atoms. The van der Waals surface area contributed by atoms with Gasteiger partial charge in [-0.15, -0.1) is 0 Å². The molecule has 0 saturated heterocycles. The Morgan fingerprint density at radius 1 is 0.596 bits per heavy atom. The molecule has 2 heterocycles. The quantitative estimate of drug-likeness (QED) is 0.117. The van der Waals surface area contributed by atoms with Crippen molar-refractivity contribution in [2.45, 2.75) is 83.7 Å². The van der Waals surface area contributed by atoms with E-state index in [0.29, 0.717) is 13.2 Å². The molecular formula is C46H58N2O2Si2. The molecular weight excluding hydrogens is 669 g/mol. The van der Waals surface area contributed by atoms with Crippen molar-refractivity contribution in [3.8, 4) is 0 Å². The first-order valence-corrected chi connectivity index (χ1v) is 23.1. The number of aromatic nitrogens is 1. The number of nitrogens with zero attached hydrogens (tertiary/aromatic N) is 1. The van der Waals surface area contributed by atoms with Crippen LogP contribution in [0, 0.1) is 5.92 Å². The minimum absolute atomic E-state index is 0.0981. The van der Waals surface area contributed by atoms with E-state index in [-0.39, 0.29) is 16.0 Å². The average molecular weight is 727 g/mol. The molecule has 6 heteroatoms. The largest absolute Gasteiger partial charge is 0.407 e. The Kier molecular flexibility index (Phi) is 12.0. The monoisotopic (exact) mass is 726 g/mol. The third kappa shape index (κ3) is 8.06. The minimum atomic E-state index is -2.74. The van der Waals surface area contributed by atoms with E-state index in [4.69, 9.17) is 13.8 Å². The van der Waals surface area contributed by atoms with Gasteiger partial charge in [0, 0.05) is 31.4 Å². The molecule has 0 unspecified atom stereocenters. The molecule has 1 N–H and O–H groups in total. The van der Waals surface area contributed by atoms with E-state index in [1.54, 1.807) is 0 Å². The van der Waals surface area contributed by atoms with Crippen molar-refractivity contribution >= 4 is 43.2 Å². The van der Waals surface area contributed by atoms with E-state index in [2.05, 4.69) is 180 Å². The van der Waals surface area contributed by atoms with Crippen LogP contribution < -0.4 is 26.1 Å². The summed E-state index contributed by atoms with van der Waals surface area (Å²) in [4.78, 5) is 5.04. The van der Waals surface area contributed by atoms with Crippen LogP contribution in [-0.2, 0) is 21.7 Å². The highest BCUT2D eigenvalue weighted by Gasteiger charge is 2.52. The fourth-order valence-electron chi connectivity index (χ4n) is 8.30. The third-order valence-corrected chi connectivity index (χ3v) is 20.9. The number of hydrogen-bond acceptors (Lipinski definition) is 4. The first-order valence-electron chi connectivity index (χ1n) is 19.3. The van der Waals surface area contributed by atoms with Crippen LogP contribution >= 0.6 is 0 Å². The summed E-state index contributed by atoms with van der Waals surface area (Å²) < 4.78 is 15.2. The summed E-state index contributed by atoms with van der Waals surface area (Å²) in [5, 5.41) is 8.57. The lowest BCUT2D eigenvalue weighted by molar-refractivity contribution is 0.155. The van der Waals surface area contributed by atoms with Gasteiger partial charge in [0.15, 0.2) is 0 Å². The number of anilines is 1. The van der Waals surface area contributed by atoms with Gasteiger partial charge in [-0.1, -0.05) is 169 Å². The van der Waals surface area contributed by atoms with Gasteiger partial charge >= 0.3 is 0 Å². The standard InChI is InChI=1S/C46H58N2O2Si2/c1-45(2,3)51(40-24-11-7-12-25-40,41-26-13-8-14-27-41)49-35-37(21-19-23-39-33-32-38-22-20-34-47-44(38)48-39)36-50-52(46(4,5)6,42-28-15-9-16-29-42)43-30-17-10-18-31-43/h7-18,24-33,37H,19-23,34-36H2,1-6H3,(H,47,48). The number of nitrogens with one attached hydrogen (secondary N) is 1. The first kappa shape index (κ1) is 37.9. The highest BCUT2D eigenvalue weighted by Crippen LogP contribution is 2.39. The first-order chi connectivity index (χ1) is 25.0. The van der Waals surface area contributed by atoms with Gasteiger partial charge in [-0.2, -0.15) is 0 Å². The Balaban J connectivity index is 1.35. The predicted octanol–water partition coefficient (Wildman–Crippen LogP) is 8.53. The van der Waals surface area contributed by atoms with Crippen molar-refractivity contribution in [2.24, 2.45) is 5.92 Å². The second kappa shape index (κ2) is 16.5. The fourth-order valence-corrected chi connectivity index (χ4v) is 17.6.